The summed E-state index contributed by atoms with van der Waals surface area (Å²) in [7, 11) is 0. The molecular weight excluding hydrogens is 578 g/mol. The van der Waals surface area contributed by atoms with Crippen molar-refractivity contribution in [2.75, 3.05) is 165 Å². The smallest absolute Gasteiger partial charge is 0.311 e. The molecule has 0 saturated carbocycles. The van der Waals surface area contributed by atoms with Crippen LogP contribution in [-0.4, -0.2) is 176 Å². The maximum Gasteiger partial charge on any atom is 0.311 e. The molecule has 0 heterocycles. The van der Waals surface area contributed by atoms with Gasteiger partial charge >= 0.3 is 5.97 Å². The van der Waals surface area contributed by atoms with Gasteiger partial charge in [0, 0.05) is 4.91 Å². The lowest BCUT2D eigenvalue weighted by Crippen LogP contribution is -2.16. The number of esters is 1. The molecule has 0 radical (unpaired) electrons. The first-order chi connectivity index (χ1) is 21.3. The van der Waals surface area contributed by atoms with Crippen LogP contribution in [0.4, 0.5) is 0 Å². The lowest BCUT2D eigenvalue weighted by molar-refractivity contribution is -0.143. The fourth-order valence-electron chi connectivity index (χ4n) is 2.72. The molecule has 0 atom stereocenters. The highest BCUT2D eigenvalue weighted by Crippen LogP contribution is 1.88. The maximum atomic E-state index is 11.1. The zero-order valence-corrected chi connectivity index (χ0v) is 25.3. The zero-order chi connectivity index (χ0) is 31.2. The Morgan fingerprint density at radius 2 is 0.674 bits per heavy atom. The molecule has 17 heteroatoms. The highest BCUT2D eigenvalue weighted by atomic mass is 16.6. The number of carbonyl (C=O) groups excluding carboxylic acids is 1. The van der Waals surface area contributed by atoms with Crippen molar-refractivity contribution >= 4 is 5.97 Å². The normalized spacial score (nSPS) is 11.1. The Labute approximate surface area is 253 Å². The first-order valence-corrected chi connectivity index (χ1v) is 14.4. The van der Waals surface area contributed by atoms with Gasteiger partial charge in [-0.05, 0) is 5.53 Å². The Morgan fingerprint density at radius 3 is 0.907 bits per heavy atom. The number of rotatable bonds is 37. The van der Waals surface area contributed by atoms with Crippen LogP contribution in [0, 0.1) is 0 Å². The molecule has 0 rings (SSSR count). The van der Waals surface area contributed by atoms with Gasteiger partial charge in [0.15, 0.2) is 0 Å². The Kier molecular flexibility index (Phi) is 36.8. The standard InChI is InChI=1S/C26H51N3O14/c27-29-28-25-26(31)43-24-23-42-22-21-41-20-19-40-18-17-39-16-15-38-14-13-37-12-11-36-10-9-35-8-7-34-6-5-33-4-3-32-2-1-30/h30H,1-25H2. The molecule has 0 fully saturated rings. The molecule has 0 unspecified atom stereocenters. The van der Waals surface area contributed by atoms with Crippen molar-refractivity contribution in [2.24, 2.45) is 5.11 Å². The SMILES string of the molecule is [N-]=[N+]=NCC(=O)OCCOCCOCCOCCOCCOCCOCCOCCOCCOCCOCCOCCO. The molecule has 0 aromatic heterocycles. The lowest BCUT2D eigenvalue weighted by Gasteiger charge is -2.09. The number of nitrogens with zero attached hydrogens (tertiary/aromatic N) is 3. The van der Waals surface area contributed by atoms with Crippen LogP contribution >= 0.6 is 0 Å². The minimum absolute atomic E-state index is 0.0187. The molecule has 0 saturated heterocycles. The van der Waals surface area contributed by atoms with Gasteiger partial charge in [0.2, 0.25) is 0 Å². The number of hydrogen-bond acceptors (Lipinski definition) is 15. The summed E-state index contributed by atoms with van der Waals surface area (Å²) in [5, 5.41) is 11.7. The molecule has 0 bridgehead atoms. The molecule has 43 heavy (non-hydrogen) atoms. The number of aliphatic hydroxyl groups is 1. The minimum atomic E-state index is -0.592. The fraction of sp³-hybridized carbons (Fsp3) is 0.962. The Morgan fingerprint density at radius 1 is 0.442 bits per heavy atom. The Balaban J connectivity index is 3.07. The summed E-state index contributed by atoms with van der Waals surface area (Å²) in [6.45, 7) is 9.73. The van der Waals surface area contributed by atoms with Crippen LogP contribution in [0.15, 0.2) is 5.11 Å². The van der Waals surface area contributed by atoms with Gasteiger partial charge in [0.25, 0.3) is 0 Å². The van der Waals surface area contributed by atoms with Gasteiger partial charge in [0.1, 0.15) is 13.2 Å². The molecule has 0 aliphatic rings. The average Bonchev–Trinajstić information content (AvgIpc) is 3.02. The van der Waals surface area contributed by atoms with Crippen LogP contribution in [0.2, 0.25) is 0 Å². The zero-order valence-electron chi connectivity index (χ0n) is 25.3. The van der Waals surface area contributed by atoms with Crippen molar-refractivity contribution in [2.45, 2.75) is 0 Å². The van der Waals surface area contributed by atoms with Crippen molar-refractivity contribution < 1.29 is 66.7 Å². The molecule has 0 aliphatic heterocycles. The predicted molar refractivity (Wildman–Crippen MR) is 151 cm³/mol. The van der Waals surface area contributed by atoms with Crippen LogP contribution in [-0.2, 0) is 61.6 Å². The van der Waals surface area contributed by atoms with Crippen LogP contribution in [0.3, 0.4) is 0 Å². The van der Waals surface area contributed by atoms with Gasteiger partial charge in [-0.25, -0.2) is 0 Å². The molecular formula is C26H51N3O14. The van der Waals surface area contributed by atoms with Gasteiger partial charge < -0.3 is 61.9 Å². The second-order valence-corrected chi connectivity index (χ2v) is 8.07. The van der Waals surface area contributed by atoms with E-state index < -0.39 is 5.97 Å². The Hall–Kier alpha value is -1.70. The number of ether oxygens (including phenoxy) is 12. The van der Waals surface area contributed by atoms with E-state index in [1.807, 2.05) is 0 Å². The number of hydrogen-bond donors (Lipinski definition) is 1. The summed E-state index contributed by atoms with van der Waals surface area (Å²) in [5.74, 6) is -0.592. The van der Waals surface area contributed by atoms with Gasteiger partial charge in [-0.3, -0.25) is 4.79 Å². The third kappa shape index (κ3) is 38.3. The van der Waals surface area contributed by atoms with Crippen LogP contribution in [0.5, 0.6) is 0 Å². The van der Waals surface area contributed by atoms with Crippen molar-refractivity contribution in [3.63, 3.8) is 0 Å². The maximum absolute atomic E-state index is 11.1. The number of aliphatic hydroxyl groups excluding tert-OH is 1. The van der Waals surface area contributed by atoms with Gasteiger partial charge in [-0.15, -0.1) is 0 Å². The summed E-state index contributed by atoms with van der Waals surface area (Å²) in [4.78, 5) is 13.5. The lowest BCUT2D eigenvalue weighted by atomic mass is 10.6. The average molecular weight is 630 g/mol. The number of azide groups is 1. The number of carbonyl (C=O) groups is 1. The van der Waals surface area contributed by atoms with E-state index in [-0.39, 0.29) is 26.4 Å². The third-order valence-electron chi connectivity index (χ3n) is 4.71. The largest absolute Gasteiger partial charge is 0.463 e. The van der Waals surface area contributed by atoms with Crippen molar-refractivity contribution in [3.05, 3.63) is 10.4 Å². The highest BCUT2D eigenvalue weighted by Gasteiger charge is 2.00. The molecule has 0 aliphatic carbocycles. The quantitative estimate of drug-likeness (QED) is 0.0317. The van der Waals surface area contributed by atoms with Crippen LogP contribution in [0.1, 0.15) is 0 Å². The van der Waals surface area contributed by atoms with E-state index in [9.17, 15) is 4.79 Å². The predicted octanol–water partition coefficient (Wildman–Crippen LogP) is 0.0148. The van der Waals surface area contributed by atoms with E-state index in [2.05, 4.69) is 10.0 Å². The van der Waals surface area contributed by atoms with Crippen molar-refractivity contribution in [1.29, 1.82) is 0 Å². The van der Waals surface area contributed by atoms with E-state index in [1.165, 1.54) is 0 Å². The second-order valence-electron chi connectivity index (χ2n) is 8.07. The van der Waals surface area contributed by atoms with Gasteiger partial charge in [-0.2, -0.15) is 0 Å². The summed E-state index contributed by atoms with van der Waals surface area (Å²) in [6, 6.07) is 0. The minimum Gasteiger partial charge on any atom is -0.463 e. The molecule has 1 N–H and O–H groups in total. The third-order valence-corrected chi connectivity index (χ3v) is 4.71. The van der Waals surface area contributed by atoms with Gasteiger partial charge in [0.05, 0.1) is 152 Å². The summed E-state index contributed by atoms with van der Waals surface area (Å²) >= 11 is 0. The first kappa shape index (κ1) is 41.3. The summed E-state index contributed by atoms with van der Waals surface area (Å²) < 4.78 is 63.7. The van der Waals surface area contributed by atoms with E-state index in [4.69, 9.17) is 67.5 Å². The molecule has 0 aromatic carbocycles. The van der Waals surface area contributed by atoms with Crippen molar-refractivity contribution in [1.82, 2.24) is 0 Å². The van der Waals surface area contributed by atoms with E-state index >= 15 is 0 Å². The van der Waals surface area contributed by atoms with Crippen LogP contribution < -0.4 is 0 Å². The van der Waals surface area contributed by atoms with E-state index in [1.54, 1.807) is 0 Å². The fourth-order valence-corrected chi connectivity index (χ4v) is 2.72. The molecule has 0 aromatic rings. The van der Waals surface area contributed by atoms with Crippen molar-refractivity contribution in [3.8, 4) is 0 Å². The Bertz CT molecular complexity index is 618. The molecule has 254 valence electrons. The van der Waals surface area contributed by atoms with E-state index in [0.29, 0.717) is 139 Å². The summed E-state index contributed by atoms with van der Waals surface area (Å²) in [6.07, 6.45) is 0. The summed E-state index contributed by atoms with van der Waals surface area (Å²) in [5.41, 5.74) is 8.09. The molecule has 0 spiro atoms. The van der Waals surface area contributed by atoms with Gasteiger partial charge in [-0.1, -0.05) is 5.11 Å². The molecule has 17 nitrogen and oxygen atoms in total. The topological polar surface area (TPSA) is 197 Å². The monoisotopic (exact) mass is 629 g/mol. The second kappa shape index (κ2) is 38.3. The van der Waals surface area contributed by atoms with E-state index in [0.717, 1.165) is 0 Å². The molecule has 0 amide bonds. The van der Waals surface area contributed by atoms with Crippen LogP contribution in [0.25, 0.3) is 10.4 Å². The first-order valence-electron chi connectivity index (χ1n) is 14.4. The highest BCUT2D eigenvalue weighted by molar-refractivity contribution is 5.71.